The Bertz CT molecular complexity index is 798. The first-order chi connectivity index (χ1) is 11.8. The predicted molar refractivity (Wildman–Crippen MR) is 99.5 cm³/mol. The van der Waals surface area contributed by atoms with Gasteiger partial charge in [0, 0.05) is 21.8 Å². The number of rotatable bonds is 4. The van der Waals surface area contributed by atoms with E-state index < -0.39 is 0 Å². The minimum atomic E-state index is -0.235. The molecule has 0 radical (unpaired) electrons. The van der Waals surface area contributed by atoms with E-state index in [0.29, 0.717) is 22.9 Å². The number of ether oxygens (including phenoxy) is 3. The van der Waals surface area contributed by atoms with Crippen LogP contribution in [0.1, 0.15) is 26.3 Å². The van der Waals surface area contributed by atoms with Crippen LogP contribution in [-0.2, 0) is 10.2 Å². The molecule has 0 spiro atoms. The van der Waals surface area contributed by atoms with Gasteiger partial charge < -0.3 is 19.5 Å². The largest absolute Gasteiger partial charge is 0.483 e. The van der Waals surface area contributed by atoms with Gasteiger partial charge in [0.05, 0.1) is 0 Å². The summed E-state index contributed by atoms with van der Waals surface area (Å²) in [6, 6.07) is 11.1. The van der Waals surface area contributed by atoms with Crippen molar-refractivity contribution >= 4 is 27.5 Å². The molecule has 6 heteroatoms. The van der Waals surface area contributed by atoms with Crippen LogP contribution in [-0.4, -0.2) is 19.3 Å². The van der Waals surface area contributed by atoms with Crippen molar-refractivity contribution in [1.82, 2.24) is 0 Å². The van der Waals surface area contributed by atoms with Gasteiger partial charge in [0.1, 0.15) is 5.75 Å². The molecule has 1 amide bonds. The molecular weight excluding hydrogens is 386 g/mol. The lowest BCUT2D eigenvalue weighted by Gasteiger charge is -2.23. The fourth-order valence-corrected chi connectivity index (χ4v) is 2.89. The van der Waals surface area contributed by atoms with Gasteiger partial charge in [-0.25, -0.2) is 0 Å². The zero-order valence-electron chi connectivity index (χ0n) is 14.4. The molecule has 2 aromatic carbocycles. The molecule has 0 aromatic heterocycles. The zero-order chi connectivity index (χ0) is 18.0. The number of hydrogen-bond donors (Lipinski definition) is 1. The highest BCUT2D eigenvalue weighted by atomic mass is 79.9. The summed E-state index contributed by atoms with van der Waals surface area (Å²) in [6.07, 6.45) is 0. The average molecular weight is 406 g/mol. The van der Waals surface area contributed by atoms with Crippen LogP contribution in [0.4, 0.5) is 5.69 Å². The summed E-state index contributed by atoms with van der Waals surface area (Å²) >= 11 is 3.48. The molecule has 0 saturated heterocycles. The predicted octanol–water partition coefficient (Wildman–Crippen LogP) is 4.49. The quantitative estimate of drug-likeness (QED) is 0.813. The van der Waals surface area contributed by atoms with E-state index in [4.69, 9.17) is 14.2 Å². The van der Waals surface area contributed by atoms with Gasteiger partial charge in [-0.05, 0) is 35.7 Å². The molecule has 5 nitrogen and oxygen atoms in total. The number of nitrogens with one attached hydrogen (secondary N) is 1. The summed E-state index contributed by atoms with van der Waals surface area (Å²) in [4.78, 5) is 12.2. The van der Waals surface area contributed by atoms with Crippen LogP contribution in [0.15, 0.2) is 40.9 Å². The van der Waals surface area contributed by atoms with Crippen LogP contribution in [0.2, 0.25) is 0 Å². The van der Waals surface area contributed by atoms with E-state index in [9.17, 15) is 4.79 Å². The first kappa shape index (κ1) is 17.6. The molecule has 1 aliphatic heterocycles. The summed E-state index contributed by atoms with van der Waals surface area (Å²) in [5.74, 6) is 1.78. The molecule has 0 fully saturated rings. The molecule has 132 valence electrons. The van der Waals surface area contributed by atoms with Crippen LogP contribution in [0.3, 0.4) is 0 Å². The van der Waals surface area contributed by atoms with Gasteiger partial charge in [-0.1, -0.05) is 36.7 Å². The third-order valence-corrected chi connectivity index (χ3v) is 4.26. The molecule has 0 aliphatic carbocycles. The molecule has 2 aromatic rings. The first-order valence-electron chi connectivity index (χ1n) is 7.95. The SMILES string of the molecule is CC(C)(C)c1cc(Br)ccc1OCC(=O)Nc1ccc2c(c1)OCO2. The maximum atomic E-state index is 12.2. The molecule has 1 aliphatic rings. The van der Waals surface area contributed by atoms with Crippen molar-refractivity contribution < 1.29 is 19.0 Å². The van der Waals surface area contributed by atoms with Gasteiger partial charge in [-0.15, -0.1) is 0 Å². The van der Waals surface area contributed by atoms with Crippen molar-refractivity contribution in [3.63, 3.8) is 0 Å². The molecule has 0 unspecified atom stereocenters. The zero-order valence-corrected chi connectivity index (χ0v) is 16.0. The maximum absolute atomic E-state index is 12.2. The van der Waals surface area contributed by atoms with Crippen LogP contribution >= 0.6 is 15.9 Å². The van der Waals surface area contributed by atoms with Crippen molar-refractivity contribution in [3.05, 3.63) is 46.4 Å². The molecule has 0 bridgehead atoms. The van der Waals surface area contributed by atoms with Crippen LogP contribution < -0.4 is 19.5 Å². The first-order valence-corrected chi connectivity index (χ1v) is 8.74. The van der Waals surface area contributed by atoms with Crippen molar-refractivity contribution in [2.75, 3.05) is 18.7 Å². The molecule has 25 heavy (non-hydrogen) atoms. The highest BCUT2D eigenvalue weighted by Gasteiger charge is 2.20. The lowest BCUT2D eigenvalue weighted by Crippen LogP contribution is -2.22. The Morgan fingerprint density at radius 1 is 1.16 bits per heavy atom. The van der Waals surface area contributed by atoms with Gasteiger partial charge in [0.2, 0.25) is 6.79 Å². The second-order valence-electron chi connectivity index (χ2n) is 6.80. The third kappa shape index (κ3) is 4.25. The van der Waals surface area contributed by atoms with E-state index in [0.717, 1.165) is 10.0 Å². The Labute approximate surface area is 155 Å². The molecular formula is C19H20BrNO4. The highest BCUT2D eigenvalue weighted by molar-refractivity contribution is 9.10. The maximum Gasteiger partial charge on any atom is 0.262 e. The normalized spacial score (nSPS) is 12.8. The van der Waals surface area contributed by atoms with Crippen molar-refractivity contribution in [3.8, 4) is 17.2 Å². The van der Waals surface area contributed by atoms with Crippen LogP contribution in [0.5, 0.6) is 17.2 Å². The number of amides is 1. The number of halogens is 1. The van der Waals surface area contributed by atoms with E-state index in [2.05, 4.69) is 42.0 Å². The van der Waals surface area contributed by atoms with Crippen molar-refractivity contribution in [2.24, 2.45) is 0 Å². The standard InChI is InChI=1S/C19H20BrNO4/c1-19(2,3)14-8-12(20)4-6-15(14)23-10-18(22)21-13-5-7-16-17(9-13)25-11-24-16/h4-9H,10-11H2,1-3H3,(H,21,22). The van der Waals surface area contributed by atoms with Gasteiger partial charge in [-0.3, -0.25) is 4.79 Å². The summed E-state index contributed by atoms with van der Waals surface area (Å²) in [5, 5.41) is 2.80. The molecule has 1 N–H and O–H groups in total. The van der Waals surface area contributed by atoms with Crippen molar-refractivity contribution in [2.45, 2.75) is 26.2 Å². The van der Waals surface area contributed by atoms with E-state index in [1.807, 2.05) is 18.2 Å². The molecule has 0 atom stereocenters. The topological polar surface area (TPSA) is 56.8 Å². The van der Waals surface area contributed by atoms with E-state index in [1.54, 1.807) is 18.2 Å². The summed E-state index contributed by atoms with van der Waals surface area (Å²) in [7, 11) is 0. The van der Waals surface area contributed by atoms with Crippen LogP contribution in [0, 0.1) is 0 Å². The van der Waals surface area contributed by atoms with E-state index >= 15 is 0 Å². The van der Waals surface area contributed by atoms with Gasteiger partial charge in [0.15, 0.2) is 18.1 Å². The van der Waals surface area contributed by atoms with E-state index in [1.165, 1.54) is 0 Å². The van der Waals surface area contributed by atoms with E-state index in [-0.39, 0.29) is 24.7 Å². The number of anilines is 1. The fourth-order valence-electron chi connectivity index (χ4n) is 2.53. The van der Waals surface area contributed by atoms with Crippen LogP contribution in [0.25, 0.3) is 0 Å². The number of carbonyl (C=O) groups is 1. The Morgan fingerprint density at radius 3 is 2.68 bits per heavy atom. The van der Waals surface area contributed by atoms with Gasteiger partial charge in [-0.2, -0.15) is 0 Å². The Hall–Kier alpha value is -2.21. The van der Waals surface area contributed by atoms with Gasteiger partial charge >= 0.3 is 0 Å². The highest BCUT2D eigenvalue weighted by Crippen LogP contribution is 2.35. The van der Waals surface area contributed by atoms with Crippen molar-refractivity contribution in [1.29, 1.82) is 0 Å². The second kappa shape index (κ2) is 6.96. The second-order valence-corrected chi connectivity index (χ2v) is 7.71. The number of benzene rings is 2. The smallest absolute Gasteiger partial charge is 0.262 e. The average Bonchev–Trinajstić information content (AvgIpc) is 3.00. The number of hydrogen-bond acceptors (Lipinski definition) is 4. The Balaban J connectivity index is 1.65. The fraction of sp³-hybridized carbons (Fsp3) is 0.316. The molecule has 1 heterocycles. The van der Waals surface area contributed by atoms with Gasteiger partial charge in [0.25, 0.3) is 5.91 Å². The summed E-state index contributed by atoms with van der Waals surface area (Å²) in [6.45, 7) is 6.45. The minimum Gasteiger partial charge on any atom is -0.483 e. The Morgan fingerprint density at radius 2 is 1.92 bits per heavy atom. The molecule has 0 saturated carbocycles. The number of fused-ring (bicyclic) bond motifs is 1. The summed E-state index contributed by atoms with van der Waals surface area (Å²) in [5.41, 5.74) is 1.59. The third-order valence-electron chi connectivity index (χ3n) is 3.76. The Kier molecular flexibility index (Phi) is 4.90. The summed E-state index contributed by atoms with van der Waals surface area (Å²) < 4.78 is 17.3. The monoisotopic (exact) mass is 405 g/mol. The lowest BCUT2D eigenvalue weighted by atomic mass is 9.86. The molecule has 3 rings (SSSR count). The lowest BCUT2D eigenvalue weighted by molar-refractivity contribution is -0.118. The number of carbonyl (C=O) groups excluding carboxylic acids is 1. The minimum absolute atomic E-state index is 0.0703.